The molecule has 4 heterocycles. The van der Waals surface area contributed by atoms with Gasteiger partial charge in [0.2, 0.25) is 5.82 Å². The number of hydrogen-bond donors (Lipinski definition) is 1. The molecule has 0 spiro atoms. The van der Waals surface area contributed by atoms with Gasteiger partial charge in [-0.2, -0.15) is 4.98 Å². The van der Waals surface area contributed by atoms with Crippen molar-refractivity contribution >= 4 is 5.65 Å². The Balaban J connectivity index is 1.72. The van der Waals surface area contributed by atoms with Gasteiger partial charge in [0.15, 0.2) is 0 Å². The summed E-state index contributed by atoms with van der Waals surface area (Å²) in [6.07, 6.45) is 3.58. The van der Waals surface area contributed by atoms with E-state index in [4.69, 9.17) is 9.26 Å². The first-order chi connectivity index (χ1) is 10.3. The summed E-state index contributed by atoms with van der Waals surface area (Å²) in [5, 5.41) is 7.30. The highest BCUT2D eigenvalue weighted by atomic mass is 16.5. The molecule has 3 aromatic rings. The molecule has 0 radical (unpaired) electrons. The number of morpholine rings is 1. The van der Waals surface area contributed by atoms with E-state index in [2.05, 4.69) is 20.4 Å². The lowest BCUT2D eigenvalue weighted by Gasteiger charge is -2.19. The second kappa shape index (κ2) is 4.94. The maximum Gasteiger partial charge on any atom is 0.257 e. The monoisotopic (exact) mass is 285 g/mol. The van der Waals surface area contributed by atoms with Gasteiger partial charge in [0.05, 0.1) is 12.8 Å². The number of imidazole rings is 1. The minimum Gasteiger partial charge on any atom is -0.366 e. The molecule has 0 aromatic carbocycles. The average molecular weight is 285 g/mol. The van der Waals surface area contributed by atoms with Gasteiger partial charge in [0, 0.05) is 19.3 Å². The van der Waals surface area contributed by atoms with Crippen molar-refractivity contribution in [2.24, 2.45) is 0 Å². The topological polar surface area (TPSA) is 77.5 Å². The summed E-state index contributed by atoms with van der Waals surface area (Å²) in [5.41, 5.74) is 2.82. The summed E-state index contributed by atoms with van der Waals surface area (Å²) in [6.45, 7) is 4.22. The Hall–Kier alpha value is -2.25. The van der Waals surface area contributed by atoms with Crippen LogP contribution < -0.4 is 5.32 Å². The Morgan fingerprint density at radius 2 is 2.33 bits per heavy atom. The zero-order valence-corrected chi connectivity index (χ0v) is 11.6. The Bertz CT molecular complexity index is 773. The second-order valence-electron chi connectivity index (χ2n) is 5.10. The van der Waals surface area contributed by atoms with E-state index < -0.39 is 0 Å². The molecule has 108 valence electrons. The van der Waals surface area contributed by atoms with Gasteiger partial charge in [0.25, 0.3) is 5.89 Å². The van der Waals surface area contributed by atoms with E-state index in [-0.39, 0.29) is 6.10 Å². The summed E-state index contributed by atoms with van der Waals surface area (Å²) < 4.78 is 12.9. The smallest absolute Gasteiger partial charge is 0.257 e. The third-order valence-corrected chi connectivity index (χ3v) is 3.53. The van der Waals surface area contributed by atoms with Crippen LogP contribution in [0.4, 0.5) is 0 Å². The normalized spacial score (nSPS) is 19.2. The van der Waals surface area contributed by atoms with Crippen LogP contribution >= 0.6 is 0 Å². The molecule has 7 nitrogen and oxygen atoms in total. The van der Waals surface area contributed by atoms with Gasteiger partial charge in [-0.05, 0) is 18.6 Å². The van der Waals surface area contributed by atoms with Crippen LogP contribution in [0.15, 0.2) is 29.0 Å². The molecular formula is C14H15N5O2. The number of rotatable bonds is 2. The van der Waals surface area contributed by atoms with Crippen LogP contribution in [0.2, 0.25) is 0 Å². The van der Waals surface area contributed by atoms with E-state index >= 15 is 0 Å². The summed E-state index contributed by atoms with van der Waals surface area (Å²) in [6, 6.07) is 3.99. The van der Waals surface area contributed by atoms with Crippen LogP contribution in [0.25, 0.3) is 17.2 Å². The number of fused-ring (bicyclic) bond motifs is 1. The predicted octanol–water partition coefficient (Wildman–Crippen LogP) is 1.35. The molecule has 1 aliphatic heterocycles. The lowest BCUT2D eigenvalue weighted by atomic mass is 10.3. The molecule has 1 aliphatic rings. The first-order valence-corrected chi connectivity index (χ1v) is 6.91. The molecule has 21 heavy (non-hydrogen) atoms. The fourth-order valence-corrected chi connectivity index (χ4v) is 2.45. The zero-order valence-electron chi connectivity index (χ0n) is 11.6. The summed E-state index contributed by atoms with van der Waals surface area (Å²) in [7, 11) is 0. The molecule has 0 amide bonds. The maximum atomic E-state index is 5.62. The van der Waals surface area contributed by atoms with Crippen molar-refractivity contribution in [2.75, 3.05) is 19.7 Å². The van der Waals surface area contributed by atoms with Gasteiger partial charge in [-0.25, -0.2) is 4.98 Å². The van der Waals surface area contributed by atoms with E-state index in [1.54, 1.807) is 6.20 Å². The van der Waals surface area contributed by atoms with Crippen molar-refractivity contribution < 1.29 is 9.26 Å². The highest BCUT2D eigenvalue weighted by molar-refractivity contribution is 5.56. The van der Waals surface area contributed by atoms with E-state index in [1.807, 2.05) is 29.7 Å². The highest BCUT2D eigenvalue weighted by Crippen LogP contribution is 2.22. The summed E-state index contributed by atoms with van der Waals surface area (Å²) in [5.74, 6) is 1.03. The van der Waals surface area contributed by atoms with Gasteiger partial charge >= 0.3 is 0 Å². The van der Waals surface area contributed by atoms with Crippen LogP contribution in [0.3, 0.4) is 0 Å². The first kappa shape index (κ1) is 12.5. The van der Waals surface area contributed by atoms with Crippen molar-refractivity contribution in [2.45, 2.75) is 13.0 Å². The second-order valence-corrected chi connectivity index (χ2v) is 5.10. The van der Waals surface area contributed by atoms with Gasteiger partial charge in [0.1, 0.15) is 17.4 Å². The Labute approximate surface area is 120 Å². The molecule has 3 aromatic heterocycles. The Morgan fingerprint density at radius 1 is 1.38 bits per heavy atom. The number of aromatic nitrogens is 4. The molecule has 1 saturated heterocycles. The van der Waals surface area contributed by atoms with Crippen molar-refractivity contribution in [3.63, 3.8) is 0 Å². The molecule has 0 saturated carbocycles. The van der Waals surface area contributed by atoms with Gasteiger partial charge in [-0.3, -0.25) is 4.40 Å². The third-order valence-electron chi connectivity index (χ3n) is 3.53. The summed E-state index contributed by atoms with van der Waals surface area (Å²) in [4.78, 5) is 8.81. The number of nitrogens with one attached hydrogen (secondary N) is 1. The van der Waals surface area contributed by atoms with Gasteiger partial charge in [-0.1, -0.05) is 11.2 Å². The number of hydrogen-bond acceptors (Lipinski definition) is 6. The number of nitrogens with zero attached hydrogens (tertiary/aromatic N) is 4. The van der Waals surface area contributed by atoms with Crippen molar-refractivity contribution in [3.8, 4) is 11.5 Å². The van der Waals surface area contributed by atoms with Crippen molar-refractivity contribution in [1.29, 1.82) is 0 Å². The molecule has 0 aliphatic carbocycles. The standard InChI is InChI=1S/C14H15N5O2/c1-9-2-3-12-16-6-10(19(12)8-9)13-17-14(21-18-13)11-7-15-4-5-20-11/h2-3,6,8,11,15H,4-5,7H2,1H3. The lowest BCUT2D eigenvalue weighted by Crippen LogP contribution is -2.33. The molecular weight excluding hydrogens is 270 g/mol. The molecule has 1 unspecified atom stereocenters. The maximum absolute atomic E-state index is 5.62. The molecule has 4 rings (SSSR count). The van der Waals surface area contributed by atoms with Crippen molar-refractivity contribution in [1.82, 2.24) is 24.8 Å². The molecule has 1 N–H and O–H groups in total. The van der Waals surface area contributed by atoms with E-state index in [0.717, 1.165) is 23.4 Å². The number of ether oxygens (including phenoxy) is 1. The van der Waals surface area contributed by atoms with Crippen LogP contribution in [0, 0.1) is 6.92 Å². The number of pyridine rings is 1. The Morgan fingerprint density at radius 3 is 3.19 bits per heavy atom. The zero-order chi connectivity index (χ0) is 14.2. The fraction of sp³-hybridized carbons (Fsp3) is 0.357. The lowest BCUT2D eigenvalue weighted by molar-refractivity contribution is 0.00755. The van der Waals surface area contributed by atoms with Crippen LogP contribution in [-0.4, -0.2) is 39.2 Å². The van der Waals surface area contributed by atoms with Gasteiger partial charge < -0.3 is 14.6 Å². The quantitative estimate of drug-likeness (QED) is 0.766. The van der Waals surface area contributed by atoms with Gasteiger partial charge in [-0.15, -0.1) is 0 Å². The highest BCUT2D eigenvalue weighted by Gasteiger charge is 2.23. The van der Waals surface area contributed by atoms with E-state index in [9.17, 15) is 0 Å². The third kappa shape index (κ3) is 2.20. The SMILES string of the molecule is Cc1ccc2ncc(-c3noc(C4CNCCO4)n3)n2c1. The van der Waals surface area contributed by atoms with Crippen molar-refractivity contribution in [3.05, 3.63) is 36.0 Å². The first-order valence-electron chi connectivity index (χ1n) is 6.91. The van der Waals surface area contributed by atoms with Crippen LogP contribution in [0.5, 0.6) is 0 Å². The fourth-order valence-electron chi connectivity index (χ4n) is 2.45. The van der Waals surface area contributed by atoms with Crippen LogP contribution in [0.1, 0.15) is 17.6 Å². The molecule has 1 atom stereocenters. The largest absolute Gasteiger partial charge is 0.366 e. The average Bonchev–Trinajstić information content (AvgIpc) is 3.14. The van der Waals surface area contributed by atoms with E-state index in [1.165, 1.54) is 0 Å². The number of aryl methyl sites for hydroxylation is 1. The van der Waals surface area contributed by atoms with Crippen LogP contribution in [-0.2, 0) is 4.74 Å². The predicted molar refractivity (Wildman–Crippen MR) is 74.8 cm³/mol. The molecule has 0 bridgehead atoms. The Kier molecular flexibility index (Phi) is 2.94. The summed E-state index contributed by atoms with van der Waals surface area (Å²) >= 11 is 0. The van der Waals surface area contributed by atoms with E-state index in [0.29, 0.717) is 24.9 Å². The molecule has 1 fully saturated rings. The minimum absolute atomic E-state index is 0.180. The molecule has 7 heteroatoms. The minimum atomic E-state index is -0.180.